The molecule has 0 aromatic rings. The fourth-order valence-electron chi connectivity index (χ4n) is 1.01. The van der Waals surface area contributed by atoms with E-state index in [4.69, 9.17) is 4.55 Å². The van der Waals surface area contributed by atoms with Crippen molar-refractivity contribution in [3.63, 3.8) is 0 Å². The number of imide groups is 1. The number of halogens is 7. The highest BCUT2D eigenvalue weighted by Gasteiger charge is 2.81. The maximum absolute atomic E-state index is 13.3. The molecule has 0 fully saturated rings. The molecule has 142 valence electrons. The summed E-state index contributed by atoms with van der Waals surface area (Å²) in [5.41, 5.74) is 0. The summed E-state index contributed by atoms with van der Waals surface area (Å²) in [6.45, 7) is -1.93. The molecular weight excluding hydrogens is 407 g/mol. The Kier molecular flexibility index (Phi) is 6.03. The molecule has 24 heavy (non-hydrogen) atoms. The van der Waals surface area contributed by atoms with E-state index < -0.39 is 60.6 Å². The molecule has 0 radical (unpaired) electrons. The molecule has 2 N–H and O–H groups in total. The summed E-state index contributed by atoms with van der Waals surface area (Å²) in [5, 5.41) is -13.0. The lowest BCUT2D eigenvalue weighted by molar-refractivity contribution is -0.245. The molecular formula is C7H6F7NO7S2. The van der Waals surface area contributed by atoms with Crippen LogP contribution in [0.4, 0.5) is 30.7 Å². The van der Waals surface area contributed by atoms with Gasteiger partial charge in [0.05, 0.1) is 0 Å². The normalized spacial score (nSPS) is 14.3. The van der Waals surface area contributed by atoms with E-state index in [1.54, 1.807) is 0 Å². The van der Waals surface area contributed by atoms with E-state index in [1.165, 1.54) is 0 Å². The quantitative estimate of drug-likeness (QED) is 0.433. The average Bonchev–Trinajstić information content (AvgIpc) is 2.35. The number of carbonyl (C=O) groups excluding carboxylic acids is 2. The van der Waals surface area contributed by atoms with Crippen LogP contribution in [0.3, 0.4) is 0 Å². The Hall–Kier alpha value is -1.49. The number of amides is 2. The lowest BCUT2D eigenvalue weighted by Gasteiger charge is -2.30. The third kappa shape index (κ3) is 3.77. The summed E-state index contributed by atoms with van der Waals surface area (Å²) in [6, 6.07) is 0. The molecule has 0 saturated heterocycles. The van der Waals surface area contributed by atoms with Gasteiger partial charge >= 0.3 is 26.5 Å². The molecule has 0 unspecified atom stereocenters. The maximum atomic E-state index is 13.3. The monoisotopic (exact) mass is 413 g/mol. The molecule has 0 aliphatic heterocycles. The standard InChI is InChI=1S/C7H6F7NO7S2/c8-1-3(16)15-4(17)2-23(18,19)6(11,12)5(9,10)7(13,14)24(20,21)22/h1-2H2,(H,15,16,17)(H,20,21,22). The predicted octanol–water partition coefficient (Wildman–Crippen LogP) is -0.278. The van der Waals surface area contributed by atoms with Gasteiger partial charge in [0.25, 0.3) is 5.91 Å². The van der Waals surface area contributed by atoms with E-state index in [1.807, 2.05) is 0 Å². The Morgan fingerprint density at radius 2 is 1.29 bits per heavy atom. The van der Waals surface area contributed by atoms with Crippen molar-refractivity contribution < 1.29 is 61.7 Å². The Bertz CT molecular complexity index is 730. The number of carbonyl (C=O) groups is 2. The lowest BCUT2D eigenvalue weighted by atomic mass is 10.3. The summed E-state index contributed by atoms with van der Waals surface area (Å²) in [7, 11) is -14.0. The molecule has 0 aliphatic carbocycles. The largest absolute Gasteiger partial charge is 0.439 e. The second-order valence-corrected chi connectivity index (χ2v) is 7.44. The van der Waals surface area contributed by atoms with Crippen molar-refractivity contribution >= 4 is 31.8 Å². The summed E-state index contributed by atoms with van der Waals surface area (Å²) in [6.07, 6.45) is 0. The highest BCUT2D eigenvalue weighted by atomic mass is 32.2. The highest BCUT2D eigenvalue weighted by molar-refractivity contribution is 7.93. The fourth-order valence-corrected chi connectivity index (χ4v) is 2.65. The van der Waals surface area contributed by atoms with Gasteiger partial charge in [0.2, 0.25) is 15.7 Å². The average molecular weight is 413 g/mol. The SMILES string of the molecule is O=C(CF)NC(=O)CS(=O)(=O)C(F)(F)C(F)(F)C(F)(F)S(=O)(=O)O. The van der Waals surface area contributed by atoms with Gasteiger partial charge in [-0.05, 0) is 0 Å². The Labute approximate surface area is 128 Å². The molecule has 0 aromatic carbocycles. The van der Waals surface area contributed by atoms with Crippen LogP contribution in [0.15, 0.2) is 0 Å². The number of rotatable bonds is 7. The number of sulfone groups is 1. The summed E-state index contributed by atoms with van der Waals surface area (Å²) >= 11 is 0. The zero-order valence-electron chi connectivity index (χ0n) is 10.8. The van der Waals surface area contributed by atoms with Gasteiger partial charge in [0.15, 0.2) is 6.67 Å². The van der Waals surface area contributed by atoms with Crippen molar-refractivity contribution in [1.82, 2.24) is 5.32 Å². The third-order valence-corrected chi connectivity index (χ3v) is 4.75. The first-order chi connectivity index (χ1) is 10.3. The summed E-state index contributed by atoms with van der Waals surface area (Å²) in [4.78, 5) is 21.2. The molecule has 0 atom stereocenters. The Balaban J connectivity index is 5.87. The minimum atomic E-state index is -7.20. The second kappa shape index (κ2) is 6.43. The van der Waals surface area contributed by atoms with Crippen molar-refractivity contribution in [1.29, 1.82) is 0 Å². The van der Waals surface area contributed by atoms with Gasteiger partial charge in [-0.2, -0.15) is 34.8 Å². The molecule has 0 saturated carbocycles. The minimum absolute atomic E-state index is 0.813. The molecule has 0 spiro atoms. The zero-order valence-corrected chi connectivity index (χ0v) is 12.4. The van der Waals surface area contributed by atoms with E-state index in [9.17, 15) is 57.2 Å². The number of nitrogens with one attached hydrogen (secondary N) is 1. The number of hydrogen-bond donors (Lipinski definition) is 2. The van der Waals surface area contributed by atoms with E-state index in [0.717, 1.165) is 5.32 Å². The van der Waals surface area contributed by atoms with Gasteiger partial charge in [-0.1, -0.05) is 0 Å². The molecule has 0 aliphatic rings. The Morgan fingerprint density at radius 1 is 0.875 bits per heavy atom. The van der Waals surface area contributed by atoms with E-state index >= 15 is 0 Å². The molecule has 2 amide bonds. The Morgan fingerprint density at radius 3 is 1.62 bits per heavy atom. The highest BCUT2D eigenvalue weighted by Crippen LogP contribution is 2.50. The van der Waals surface area contributed by atoms with E-state index in [-0.39, 0.29) is 0 Å². The van der Waals surface area contributed by atoms with Gasteiger partial charge in [-0.25, -0.2) is 12.8 Å². The summed E-state index contributed by atoms with van der Waals surface area (Å²) in [5.74, 6) is -14.0. The van der Waals surface area contributed by atoms with Crippen molar-refractivity contribution in [2.45, 2.75) is 16.4 Å². The molecule has 0 rings (SSSR count). The zero-order chi connectivity index (χ0) is 19.8. The molecule has 0 heterocycles. The summed E-state index contributed by atoms with van der Waals surface area (Å²) < 4.78 is 140. The first-order valence-corrected chi connectivity index (χ1v) is 8.16. The minimum Gasteiger partial charge on any atom is -0.293 e. The van der Waals surface area contributed by atoms with Crippen molar-refractivity contribution in [2.75, 3.05) is 12.4 Å². The van der Waals surface area contributed by atoms with Gasteiger partial charge in [-0.3, -0.25) is 19.5 Å². The third-order valence-electron chi connectivity index (χ3n) is 2.17. The van der Waals surface area contributed by atoms with Crippen LogP contribution in [0.25, 0.3) is 0 Å². The van der Waals surface area contributed by atoms with Crippen LogP contribution >= 0.6 is 0 Å². The molecule has 8 nitrogen and oxygen atoms in total. The van der Waals surface area contributed by atoms with Gasteiger partial charge in [-0.15, -0.1) is 0 Å². The van der Waals surface area contributed by atoms with Crippen LogP contribution in [0.1, 0.15) is 0 Å². The van der Waals surface area contributed by atoms with Crippen molar-refractivity contribution in [2.24, 2.45) is 0 Å². The van der Waals surface area contributed by atoms with Crippen molar-refractivity contribution in [3.05, 3.63) is 0 Å². The number of hydrogen-bond acceptors (Lipinski definition) is 6. The van der Waals surface area contributed by atoms with Crippen LogP contribution in [-0.4, -0.2) is 62.1 Å². The molecule has 0 aromatic heterocycles. The van der Waals surface area contributed by atoms with E-state index in [2.05, 4.69) is 0 Å². The fraction of sp³-hybridized carbons (Fsp3) is 0.714. The maximum Gasteiger partial charge on any atom is 0.439 e. The van der Waals surface area contributed by atoms with E-state index in [0.29, 0.717) is 0 Å². The van der Waals surface area contributed by atoms with Crippen LogP contribution < -0.4 is 5.32 Å². The first-order valence-electron chi connectivity index (χ1n) is 5.06. The van der Waals surface area contributed by atoms with Crippen LogP contribution in [-0.2, 0) is 29.5 Å². The molecule has 0 bridgehead atoms. The molecule has 17 heteroatoms. The van der Waals surface area contributed by atoms with Crippen LogP contribution in [0.2, 0.25) is 0 Å². The number of alkyl halides is 7. The van der Waals surface area contributed by atoms with Crippen LogP contribution in [0, 0.1) is 0 Å². The smallest absolute Gasteiger partial charge is 0.293 e. The van der Waals surface area contributed by atoms with Crippen molar-refractivity contribution in [3.8, 4) is 0 Å². The topological polar surface area (TPSA) is 135 Å². The predicted molar refractivity (Wildman–Crippen MR) is 59.3 cm³/mol. The second-order valence-electron chi connectivity index (χ2n) is 3.95. The first kappa shape index (κ1) is 22.5. The van der Waals surface area contributed by atoms with Gasteiger partial charge in [0, 0.05) is 0 Å². The van der Waals surface area contributed by atoms with Gasteiger partial charge in [0.1, 0.15) is 5.75 Å². The van der Waals surface area contributed by atoms with Crippen LogP contribution in [0.5, 0.6) is 0 Å². The lowest BCUT2D eigenvalue weighted by Crippen LogP contribution is -2.61. The van der Waals surface area contributed by atoms with Gasteiger partial charge < -0.3 is 0 Å².